The second-order valence-electron chi connectivity index (χ2n) is 5.45. The third kappa shape index (κ3) is 3.03. The minimum atomic E-state index is -1.44. The molecule has 0 aliphatic rings. The Hall–Kier alpha value is -1.59. The molecule has 2 unspecified atom stereocenters. The van der Waals surface area contributed by atoms with E-state index in [1.807, 2.05) is 6.92 Å². The van der Waals surface area contributed by atoms with Crippen molar-refractivity contribution in [3.8, 4) is 0 Å². The van der Waals surface area contributed by atoms with Crippen LogP contribution in [0.4, 0.5) is 0 Å². The lowest BCUT2D eigenvalue weighted by Gasteiger charge is -2.35. The summed E-state index contributed by atoms with van der Waals surface area (Å²) in [5, 5.41) is 17.3. The molecule has 24 heavy (non-hydrogen) atoms. The van der Waals surface area contributed by atoms with E-state index in [9.17, 15) is 5.11 Å². The van der Waals surface area contributed by atoms with Crippen LogP contribution in [-0.2, 0) is 5.60 Å². The van der Waals surface area contributed by atoms with Crippen molar-refractivity contribution in [3.05, 3.63) is 81.3 Å². The second-order valence-corrected chi connectivity index (χ2v) is 6.73. The Kier molecular flexibility index (Phi) is 4.83. The van der Waals surface area contributed by atoms with Gasteiger partial charge < -0.3 is 5.11 Å². The predicted molar refractivity (Wildman–Crippen MR) is 95.6 cm³/mol. The summed E-state index contributed by atoms with van der Waals surface area (Å²) in [6, 6.07) is 11.5. The quantitative estimate of drug-likeness (QED) is 0.709. The number of hydrogen-bond acceptors (Lipinski definition) is 3. The maximum Gasteiger partial charge on any atom is 0.138 e. The molecule has 0 aliphatic heterocycles. The molecule has 0 spiro atoms. The molecule has 1 N–H and O–H groups in total. The summed E-state index contributed by atoms with van der Waals surface area (Å²) in [7, 11) is 0. The maximum absolute atomic E-state index is 11.7. The van der Waals surface area contributed by atoms with E-state index in [4.69, 9.17) is 34.8 Å². The van der Waals surface area contributed by atoms with Gasteiger partial charge in [0.25, 0.3) is 0 Å². The Bertz CT molecular complexity index is 837. The third-order valence-electron chi connectivity index (χ3n) is 4.06. The molecule has 0 saturated heterocycles. The van der Waals surface area contributed by atoms with Crippen molar-refractivity contribution in [2.75, 3.05) is 0 Å². The van der Waals surface area contributed by atoms with E-state index in [-0.39, 0.29) is 0 Å². The average molecular weight is 383 g/mol. The van der Waals surface area contributed by atoms with Crippen LogP contribution in [0.15, 0.2) is 55.1 Å². The lowest BCUT2D eigenvalue weighted by molar-refractivity contribution is 0.0247. The Morgan fingerprint density at radius 2 is 1.71 bits per heavy atom. The van der Waals surface area contributed by atoms with Gasteiger partial charge in [0.15, 0.2) is 0 Å². The number of aromatic nitrogens is 3. The molecule has 4 nitrogen and oxygen atoms in total. The molecule has 2 atom stereocenters. The molecule has 0 saturated carbocycles. The molecule has 3 aromatic rings. The molecule has 0 amide bonds. The van der Waals surface area contributed by atoms with E-state index < -0.39 is 11.6 Å². The van der Waals surface area contributed by atoms with E-state index in [2.05, 4.69) is 10.1 Å². The summed E-state index contributed by atoms with van der Waals surface area (Å²) >= 11 is 18.4. The van der Waals surface area contributed by atoms with Crippen LogP contribution in [0.25, 0.3) is 0 Å². The van der Waals surface area contributed by atoms with Crippen molar-refractivity contribution >= 4 is 34.8 Å². The van der Waals surface area contributed by atoms with Gasteiger partial charge in [0.1, 0.15) is 18.3 Å². The first-order valence-corrected chi connectivity index (χ1v) is 8.34. The van der Waals surface area contributed by atoms with Crippen molar-refractivity contribution in [3.63, 3.8) is 0 Å². The van der Waals surface area contributed by atoms with Crippen molar-refractivity contribution in [2.24, 2.45) is 0 Å². The molecular weight excluding hydrogens is 369 g/mol. The fraction of sp³-hybridized carbons (Fsp3) is 0.176. The van der Waals surface area contributed by atoms with Crippen LogP contribution in [-0.4, -0.2) is 19.9 Å². The fourth-order valence-corrected chi connectivity index (χ4v) is 3.41. The summed E-state index contributed by atoms with van der Waals surface area (Å²) in [5.74, 6) is 0. The molecule has 3 rings (SSSR count). The number of aliphatic hydroxyl groups is 1. The Balaban J connectivity index is 2.22. The van der Waals surface area contributed by atoms with Gasteiger partial charge in [-0.15, -0.1) is 0 Å². The van der Waals surface area contributed by atoms with Crippen molar-refractivity contribution in [1.82, 2.24) is 14.8 Å². The van der Waals surface area contributed by atoms with Gasteiger partial charge in [-0.2, -0.15) is 5.10 Å². The van der Waals surface area contributed by atoms with Gasteiger partial charge in [-0.1, -0.05) is 53.0 Å². The van der Waals surface area contributed by atoms with Gasteiger partial charge in [-0.05, 0) is 36.8 Å². The highest BCUT2D eigenvalue weighted by Crippen LogP contribution is 2.43. The van der Waals surface area contributed by atoms with E-state index in [0.717, 1.165) is 0 Å². The van der Waals surface area contributed by atoms with Crippen LogP contribution >= 0.6 is 34.8 Å². The molecule has 1 aromatic heterocycles. The highest BCUT2D eigenvalue weighted by molar-refractivity contribution is 6.35. The predicted octanol–water partition coefficient (Wildman–Crippen LogP) is 4.74. The largest absolute Gasteiger partial charge is 0.378 e. The van der Waals surface area contributed by atoms with Gasteiger partial charge in [0, 0.05) is 20.6 Å². The number of rotatable bonds is 4. The molecule has 0 fully saturated rings. The number of benzene rings is 2. The molecule has 124 valence electrons. The van der Waals surface area contributed by atoms with Crippen LogP contribution < -0.4 is 0 Å². The zero-order chi connectivity index (χ0) is 17.3. The summed E-state index contributed by atoms with van der Waals surface area (Å²) < 4.78 is 1.58. The van der Waals surface area contributed by atoms with Crippen molar-refractivity contribution < 1.29 is 5.11 Å². The van der Waals surface area contributed by atoms with Gasteiger partial charge in [-0.25, -0.2) is 9.67 Å². The minimum absolute atomic E-state index is 0.368. The zero-order valence-corrected chi connectivity index (χ0v) is 15.0. The Morgan fingerprint density at radius 1 is 1.04 bits per heavy atom. The molecule has 7 heteroatoms. The normalized spacial score (nSPS) is 15.0. The maximum atomic E-state index is 11.7. The molecule has 2 aromatic carbocycles. The van der Waals surface area contributed by atoms with Gasteiger partial charge in [0.2, 0.25) is 0 Å². The lowest BCUT2D eigenvalue weighted by atomic mass is 9.81. The zero-order valence-electron chi connectivity index (χ0n) is 12.7. The summed E-state index contributed by atoms with van der Waals surface area (Å²) in [6.07, 6.45) is 2.97. The highest BCUT2D eigenvalue weighted by Gasteiger charge is 2.41. The van der Waals surface area contributed by atoms with Crippen LogP contribution in [0, 0.1) is 0 Å². The Morgan fingerprint density at radius 3 is 2.29 bits per heavy atom. The number of nitrogens with zero attached hydrogens (tertiary/aromatic N) is 3. The standard InChI is InChI=1S/C17H14Cl3N3O/c1-11(23-10-21-9-22-23)17(24,12-2-4-13(18)5-3-12)15-7-6-14(19)8-16(15)20/h2-11,24H,1H3. The molecule has 0 radical (unpaired) electrons. The third-order valence-corrected chi connectivity index (χ3v) is 4.86. The van der Waals surface area contributed by atoms with Crippen LogP contribution in [0.5, 0.6) is 0 Å². The lowest BCUT2D eigenvalue weighted by Crippen LogP contribution is -2.37. The van der Waals surface area contributed by atoms with Gasteiger partial charge >= 0.3 is 0 Å². The first kappa shape index (κ1) is 17.2. The first-order chi connectivity index (χ1) is 11.4. The van der Waals surface area contributed by atoms with Crippen LogP contribution in [0.2, 0.25) is 15.1 Å². The summed E-state index contributed by atoms with van der Waals surface area (Å²) in [4.78, 5) is 3.96. The van der Waals surface area contributed by atoms with E-state index >= 15 is 0 Å². The monoisotopic (exact) mass is 381 g/mol. The molecule has 0 bridgehead atoms. The fourth-order valence-electron chi connectivity index (χ4n) is 2.73. The molecule has 0 aliphatic carbocycles. The van der Waals surface area contributed by atoms with Crippen LogP contribution in [0.3, 0.4) is 0 Å². The van der Waals surface area contributed by atoms with Crippen molar-refractivity contribution in [1.29, 1.82) is 0 Å². The number of hydrogen-bond donors (Lipinski definition) is 1. The molecular formula is C17H14Cl3N3O. The Labute approximate surface area is 154 Å². The number of halogens is 3. The minimum Gasteiger partial charge on any atom is -0.378 e. The molecule has 1 heterocycles. The topological polar surface area (TPSA) is 50.9 Å². The van der Waals surface area contributed by atoms with Crippen LogP contribution in [0.1, 0.15) is 24.1 Å². The second kappa shape index (κ2) is 6.73. The van der Waals surface area contributed by atoms with E-state index in [1.54, 1.807) is 53.5 Å². The van der Waals surface area contributed by atoms with Crippen molar-refractivity contribution in [2.45, 2.75) is 18.6 Å². The summed E-state index contributed by atoms with van der Waals surface area (Å²) in [6.45, 7) is 1.84. The van der Waals surface area contributed by atoms with Gasteiger partial charge in [-0.3, -0.25) is 0 Å². The van der Waals surface area contributed by atoms with Gasteiger partial charge in [0.05, 0.1) is 6.04 Å². The highest BCUT2D eigenvalue weighted by atomic mass is 35.5. The van der Waals surface area contributed by atoms with E-state index in [0.29, 0.717) is 26.2 Å². The first-order valence-electron chi connectivity index (χ1n) is 7.21. The van der Waals surface area contributed by atoms with E-state index in [1.165, 1.54) is 6.33 Å². The average Bonchev–Trinajstić information content (AvgIpc) is 3.08. The smallest absolute Gasteiger partial charge is 0.138 e. The summed E-state index contributed by atoms with van der Waals surface area (Å²) in [5.41, 5.74) is -0.280. The SMILES string of the molecule is CC(n1cncn1)C(O)(c1ccc(Cl)cc1)c1ccc(Cl)cc1Cl.